The van der Waals surface area contributed by atoms with Gasteiger partial charge in [0.05, 0.1) is 29.8 Å². The van der Waals surface area contributed by atoms with Crippen molar-refractivity contribution in [2.24, 2.45) is 0 Å². The second kappa shape index (κ2) is 6.68. The molecule has 8 heteroatoms. The van der Waals surface area contributed by atoms with Crippen molar-refractivity contribution in [1.29, 1.82) is 0 Å². The molecule has 0 fully saturated rings. The van der Waals surface area contributed by atoms with Crippen molar-refractivity contribution in [3.63, 3.8) is 0 Å². The Kier molecular flexibility index (Phi) is 4.42. The normalized spacial score (nSPS) is 10.7. The largest absolute Gasteiger partial charge is 0.462 e. The van der Waals surface area contributed by atoms with Crippen molar-refractivity contribution in [3.8, 4) is 11.3 Å². The molecule has 0 aliphatic rings. The minimum atomic E-state index is -0.411. The second-order valence-corrected chi connectivity index (χ2v) is 5.41. The number of carbonyl (C=O) groups excluding carboxylic acids is 2. The van der Waals surface area contributed by atoms with Gasteiger partial charge in [-0.3, -0.25) is 9.78 Å². The van der Waals surface area contributed by atoms with Crippen LogP contribution in [0.4, 0.5) is 5.82 Å². The Hall–Kier alpha value is -3.29. The number of carbonyl (C=O) groups is 2. The van der Waals surface area contributed by atoms with Crippen molar-refractivity contribution in [2.75, 3.05) is 11.9 Å². The number of amides is 1. The van der Waals surface area contributed by atoms with E-state index in [0.29, 0.717) is 40.6 Å². The molecule has 0 saturated carbocycles. The number of nitrogens with one attached hydrogen (secondary N) is 1. The molecule has 0 saturated heterocycles. The molecule has 8 nitrogen and oxygen atoms in total. The van der Waals surface area contributed by atoms with Gasteiger partial charge in [0.15, 0.2) is 11.5 Å². The quantitative estimate of drug-likeness (QED) is 0.732. The number of aryl methyl sites for hydroxylation is 1. The first-order valence-electron chi connectivity index (χ1n) is 7.76. The molecule has 0 aliphatic heterocycles. The third-order valence-electron chi connectivity index (χ3n) is 3.50. The topological polar surface area (TPSA) is 98.5 Å². The first-order chi connectivity index (χ1) is 12.0. The molecule has 3 rings (SSSR count). The Bertz CT molecular complexity index is 964. The van der Waals surface area contributed by atoms with E-state index in [2.05, 4.69) is 20.4 Å². The Morgan fingerprint density at radius 3 is 2.84 bits per heavy atom. The zero-order valence-electron chi connectivity index (χ0n) is 14.1. The van der Waals surface area contributed by atoms with Gasteiger partial charge in [0, 0.05) is 18.7 Å². The molecule has 3 heterocycles. The highest BCUT2D eigenvalue weighted by atomic mass is 16.5. The molecular weight excluding hydrogens is 322 g/mol. The van der Waals surface area contributed by atoms with Crippen molar-refractivity contribution in [1.82, 2.24) is 19.6 Å². The Morgan fingerprint density at radius 2 is 2.12 bits per heavy atom. The molecule has 0 atom stereocenters. The van der Waals surface area contributed by atoms with Crippen molar-refractivity contribution in [3.05, 3.63) is 41.9 Å². The number of hydrogen-bond donors (Lipinski definition) is 1. The number of hydrogen-bond acceptors (Lipinski definition) is 6. The van der Waals surface area contributed by atoms with Gasteiger partial charge in [-0.1, -0.05) is 0 Å². The number of nitrogens with zero attached hydrogens (tertiary/aromatic N) is 4. The SMILES string of the molecule is CCOC(=O)c1cc(-c2ccc3nc(NC(C)=O)cn3n2)cnc1C. The van der Waals surface area contributed by atoms with E-state index in [4.69, 9.17) is 4.74 Å². The number of esters is 1. The summed E-state index contributed by atoms with van der Waals surface area (Å²) in [4.78, 5) is 31.7. The first kappa shape index (κ1) is 16.6. The first-order valence-corrected chi connectivity index (χ1v) is 7.76. The van der Waals surface area contributed by atoms with Crippen LogP contribution in [0.25, 0.3) is 16.9 Å². The summed E-state index contributed by atoms with van der Waals surface area (Å²) >= 11 is 0. The molecule has 0 spiro atoms. The van der Waals surface area contributed by atoms with Crippen LogP contribution in [-0.4, -0.2) is 38.1 Å². The van der Waals surface area contributed by atoms with Gasteiger partial charge >= 0.3 is 5.97 Å². The standard InChI is InChI=1S/C17H17N5O3/c1-4-25-17(24)13-7-12(8-18-10(13)2)14-5-6-16-20-15(19-11(3)23)9-22(16)21-14/h5-9H,4H2,1-3H3,(H,19,23). The van der Waals surface area contributed by atoms with E-state index >= 15 is 0 Å². The van der Waals surface area contributed by atoms with Crippen LogP contribution in [0.2, 0.25) is 0 Å². The summed E-state index contributed by atoms with van der Waals surface area (Å²) in [5.41, 5.74) is 2.91. The van der Waals surface area contributed by atoms with Crippen molar-refractivity contribution < 1.29 is 14.3 Å². The molecule has 0 aliphatic carbocycles. The lowest BCUT2D eigenvalue weighted by molar-refractivity contribution is -0.114. The van der Waals surface area contributed by atoms with Crippen LogP contribution in [-0.2, 0) is 9.53 Å². The van der Waals surface area contributed by atoms with E-state index in [1.807, 2.05) is 0 Å². The molecule has 0 unspecified atom stereocenters. The number of pyridine rings is 1. The number of rotatable bonds is 4. The number of ether oxygens (including phenoxy) is 1. The summed E-state index contributed by atoms with van der Waals surface area (Å²) in [5.74, 6) is -0.192. The van der Waals surface area contributed by atoms with Crippen LogP contribution in [0.5, 0.6) is 0 Å². The Labute approximate surface area is 143 Å². The highest BCUT2D eigenvalue weighted by Gasteiger charge is 2.14. The molecule has 0 bridgehead atoms. The minimum absolute atomic E-state index is 0.203. The second-order valence-electron chi connectivity index (χ2n) is 5.41. The maximum Gasteiger partial charge on any atom is 0.339 e. The third-order valence-corrected chi connectivity index (χ3v) is 3.50. The summed E-state index contributed by atoms with van der Waals surface area (Å²) in [6.07, 6.45) is 3.27. The smallest absolute Gasteiger partial charge is 0.339 e. The fourth-order valence-corrected chi connectivity index (χ4v) is 2.37. The molecule has 3 aromatic rings. The lowest BCUT2D eigenvalue weighted by Gasteiger charge is -2.07. The third kappa shape index (κ3) is 3.47. The fraction of sp³-hybridized carbons (Fsp3) is 0.235. The fourth-order valence-electron chi connectivity index (χ4n) is 2.37. The Balaban J connectivity index is 1.99. The number of aromatic nitrogens is 4. The zero-order valence-corrected chi connectivity index (χ0v) is 14.1. The number of fused-ring (bicyclic) bond motifs is 1. The van der Waals surface area contributed by atoms with E-state index in [9.17, 15) is 9.59 Å². The lowest BCUT2D eigenvalue weighted by atomic mass is 10.1. The molecule has 1 N–H and O–H groups in total. The number of imidazole rings is 1. The van der Waals surface area contributed by atoms with Gasteiger partial charge < -0.3 is 10.1 Å². The van der Waals surface area contributed by atoms with E-state index in [1.54, 1.807) is 49.0 Å². The highest BCUT2D eigenvalue weighted by Crippen LogP contribution is 2.20. The van der Waals surface area contributed by atoms with Crippen LogP contribution >= 0.6 is 0 Å². The zero-order chi connectivity index (χ0) is 18.0. The van der Waals surface area contributed by atoms with Crippen LogP contribution in [0.1, 0.15) is 29.9 Å². The predicted molar refractivity (Wildman–Crippen MR) is 91.2 cm³/mol. The summed E-state index contributed by atoms with van der Waals surface area (Å²) in [7, 11) is 0. The summed E-state index contributed by atoms with van der Waals surface area (Å²) < 4.78 is 6.62. The average Bonchev–Trinajstić information content (AvgIpc) is 2.95. The monoisotopic (exact) mass is 339 g/mol. The van der Waals surface area contributed by atoms with Gasteiger partial charge in [-0.25, -0.2) is 14.3 Å². The van der Waals surface area contributed by atoms with Crippen LogP contribution in [0.15, 0.2) is 30.6 Å². The van der Waals surface area contributed by atoms with E-state index in [-0.39, 0.29) is 5.91 Å². The predicted octanol–water partition coefficient (Wildman–Crippen LogP) is 2.23. The van der Waals surface area contributed by atoms with Crippen LogP contribution < -0.4 is 5.32 Å². The summed E-state index contributed by atoms with van der Waals surface area (Å²) in [5, 5.41) is 7.07. The van der Waals surface area contributed by atoms with Gasteiger partial charge in [0.1, 0.15) is 0 Å². The molecule has 0 radical (unpaired) electrons. The van der Waals surface area contributed by atoms with Gasteiger partial charge in [-0.15, -0.1) is 0 Å². The molecule has 25 heavy (non-hydrogen) atoms. The summed E-state index contributed by atoms with van der Waals surface area (Å²) in [6, 6.07) is 5.26. The molecule has 128 valence electrons. The molecular formula is C17H17N5O3. The van der Waals surface area contributed by atoms with Crippen molar-refractivity contribution in [2.45, 2.75) is 20.8 Å². The maximum atomic E-state index is 12.0. The maximum absolute atomic E-state index is 12.0. The van der Waals surface area contributed by atoms with Gasteiger partial charge in [0.25, 0.3) is 0 Å². The Morgan fingerprint density at radius 1 is 1.32 bits per heavy atom. The highest BCUT2D eigenvalue weighted by molar-refractivity contribution is 5.92. The number of anilines is 1. The minimum Gasteiger partial charge on any atom is -0.462 e. The van der Waals surface area contributed by atoms with E-state index in [1.165, 1.54) is 6.92 Å². The van der Waals surface area contributed by atoms with E-state index < -0.39 is 5.97 Å². The van der Waals surface area contributed by atoms with Gasteiger partial charge in [-0.2, -0.15) is 5.10 Å². The van der Waals surface area contributed by atoms with Gasteiger partial charge in [0.2, 0.25) is 5.91 Å². The average molecular weight is 339 g/mol. The van der Waals surface area contributed by atoms with Crippen LogP contribution in [0, 0.1) is 6.92 Å². The van der Waals surface area contributed by atoms with Crippen molar-refractivity contribution >= 4 is 23.3 Å². The van der Waals surface area contributed by atoms with Gasteiger partial charge in [-0.05, 0) is 32.0 Å². The molecule has 1 amide bonds. The van der Waals surface area contributed by atoms with E-state index in [0.717, 1.165) is 0 Å². The molecule has 3 aromatic heterocycles. The molecule has 0 aromatic carbocycles. The van der Waals surface area contributed by atoms with Crippen LogP contribution in [0.3, 0.4) is 0 Å². The lowest BCUT2D eigenvalue weighted by Crippen LogP contribution is -2.08. The summed E-state index contributed by atoms with van der Waals surface area (Å²) in [6.45, 7) is 5.22.